The summed E-state index contributed by atoms with van der Waals surface area (Å²) in [6, 6.07) is 3.42. The topological polar surface area (TPSA) is 68.3 Å². The Labute approximate surface area is 124 Å². The maximum Gasteiger partial charge on any atom is 0.413 e. The van der Waals surface area contributed by atoms with E-state index in [0.717, 1.165) is 5.56 Å². The van der Waals surface area contributed by atoms with Gasteiger partial charge in [0.1, 0.15) is 17.1 Å². The van der Waals surface area contributed by atoms with E-state index in [4.69, 9.17) is 4.74 Å². The molecule has 1 aliphatic carbocycles. The Hall–Kier alpha value is -2.17. The van der Waals surface area contributed by atoms with Crippen LogP contribution in [0.2, 0.25) is 0 Å². The van der Waals surface area contributed by atoms with Gasteiger partial charge in [0.15, 0.2) is 6.29 Å². The minimum absolute atomic E-state index is 0.301. The quantitative estimate of drug-likeness (QED) is 0.858. The number of amides is 1. The van der Waals surface area contributed by atoms with Crippen LogP contribution < -0.4 is 5.32 Å². The largest absolute Gasteiger partial charge is 0.444 e. The van der Waals surface area contributed by atoms with E-state index in [-0.39, 0.29) is 0 Å². The van der Waals surface area contributed by atoms with E-state index in [2.05, 4.69) is 16.4 Å². The number of hydrogen-bond acceptors (Lipinski definition) is 4. The second kappa shape index (κ2) is 6.08. The summed E-state index contributed by atoms with van der Waals surface area (Å²) < 4.78 is 5.14. The highest BCUT2D eigenvalue weighted by Crippen LogP contribution is 2.31. The van der Waals surface area contributed by atoms with Crippen LogP contribution in [-0.4, -0.2) is 23.0 Å². The van der Waals surface area contributed by atoms with Crippen molar-refractivity contribution in [1.82, 2.24) is 4.98 Å². The number of carbonyl (C=O) groups is 2. The van der Waals surface area contributed by atoms with Crippen molar-refractivity contribution in [3.8, 4) is 0 Å². The van der Waals surface area contributed by atoms with Crippen molar-refractivity contribution in [2.45, 2.75) is 39.2 Å². The van der Waals surface area contributed by atoms with Gasteiger partial charge in [-0.05, 0) is 51.7 Å². The van der Waals surface area contributed by atoms with Gasteiger partial charge >= 0.3 is 6.09 Å². The lowest BCUT2D eigenvalue weighted by Gasteiger charge is -2.19. The molecule has 1 aromatic rings. The summed E-state index contributed by atoms with van der Waals surface area (Å²) in [5, 5.41) is 2.52. The molecular formula is C16H20N2O3. The summed E-state index contributed by atoms with van der Waals surface area (Å²) in [7, 11) is 0. The van der Waals surface area contributed by atoms with Gasteiger partial charge in [-0.25, -0.2) is 9.78 Å². The highest BCUT2D eigenvalue weighted by Gasteiger charge is 2.18. The number of aldehydes is 1. The molecule has 0 bridgehead atoms. The smallest absolute Gasteiger partial charge is 0.413 e. The van der Waals surface area contributed by atoms with Gasteiger partial charge in [-0.1, -0.05) is 12.2 Å². The zero-order valence-corrected chi connectivity index (χ0v) is 12.6. The van der Waals surface area contributed by atoms with Crippen molar-refractivity contribution in [2.24, 2.45) is 5.92 Å². The first-order chi connectivity index (χ1) is 9.87. The summed E-state index contributed by atoms with van der Waals surface area (Å²) in [6.45, 7) is 5.34. The van der Waals surface area contributed by atoms with Gasteiger partial charge in [0.25, 0.3) is 0 Å². The number of allylic oxidation sites excluding steroid dienone is 1. The maximum atomic E-state index is 11.7. The lowest BCUT2D eigenvalue weighted by molar-refractivity contribution is 0.0635. The predicted octanol–water partition coefficient (Wildman–Crippen LogP) is 3.66. The number of ether oxygens (including phenoxy) is 1. The van der Waals surface area contributed by atoms with Gasteiger partial charge < -0.3 is 4.74 Å². The Morgan fingerprint density at radius 2 is 2.10 bits per heavy atom. The first kappa shape index (κ1) is 15.2. The fourth-order valence-corrected chi connectivity index (χ4v) is 1.73. The molecule has 1 fully saturated rings. The average Bonchev–Trinajstić information content (AvgIpc) is 3.18. The van der Waals surface area contributed by atoms with Crippen LogP contribution in [-0.2, 0) is 4.74 Å². The summed E-state index contributed by atoms with van der Waals surface area (Å²) in [6.07, 6.45) is 6.51. The molecule has 1 aromatic heterocycles. The second-order valence-electron chi connectivity index (χ2n) is 6.11. The molecule has 0 aromatic carbocycles. The monoisotopic (exact) mass is 288 g/mol. The highest BCUT2D eigenvalue weighted by molar-refractivity contribution is 5.86. The molecule has 0 saturated heterocycles. The van der Waals surface area contributed by atoms with Crippen LogP contribution in [0.3, 0.4) is 0 Å². The van der Waals surface area contributed by atoms with E-state index in [1.54, 1.807) is 32.9 Å². The lowest BCUT2D eigenvalue weighted by atomic mass is 10.1. The van der Waals surface area contributed by atoms with Crippen LogP contribution in [0.4, 0.5) is 10.6 Å². The van der Waals surface area contributed by atoms with Gasteiger partial charge in [-0.2, -0.15) is 0 Å². The number of nitrogens with one attached hydrogen (secondary N) is 1. The van der Waals surface area contributed by atoms with Crippen molar-refractivity contribution >= 4 is 24.3 Å². The predicted molar refractivity (Wildman–Crippen MR) is 81.2 cm³/mol. The van der Waals surface area contributed by atoms with Gasteiger partial charge in [0.05, 0.1) is 0 Å². The molecule has 2 rings (SSSR count). The van der Waals surface area contributed by atoms with Crippen molar-refractivity contribution in [2.75, 3.05) is 5.32 Å². The number of hydrogen-bond donors (Lipinski definition) is 1. The Morgan fingerprint density at radius 1 is 1.38 bits per heavy atom. The molecule has 0 spiro atoms. The van der Waals surface area contributed by atoms with Crippen LogP contribution in [0.1, 0.15) is 49.7 Å². The van der Waals surface area contributed by atoms with E-state index in [9.17, 15) is 9.59 Å². The number of nitrogens with zero attached hydrogens (tertiary/aromatic N) is 1. The number of pyridine rings is 1. The van der Waals surface area contributed by atoms with Crippen molar-refractivity contribution in [3.63, 3.8) is 0 Å². The standard InChI is InChI=1S/C16H20N2O3/c1-16(2,3)21-15(20)18-14-9-8-12(13(10-19)17-14)7-6-11-4-5-11/h6-11H,4-5H2,1-3H3,(H,17,18,20)/b7-6+. The molecule has 1 aliphatic rings. The molecule has 0 unspecified atom stereocenters. The first-order valence-corrected chi connectivity index (χ1v) is 7.02. The number of rotatable bonds is 4. The van der Waals surface area contributed by atoms with Crippen LogP contribution in [0, 0.1) is 5.92 Å². The first-order valence-electron chi connectivity index (χ1n) is 7.02. The minimum atomic E-state index is -0.590. The van der Waals surface area contributed by atoms with Crippen LogP contribution in [0.25, 0.3) is 6.08 Å². The number of anilines is 1. The van der Waals surface area contributed by atoms with E-state index in [0.29, 0.717) is 23.7 Å². The third-order valence-corrected chi connectivity index (χ3v) is 2.87. The maximum absolute atomic E-state index is 11.7. The lowest BCUT2D eigenvalue weighted by Crippen LogP contribution is -2.27. The summed E-state index contributed by atoms with van der Waals surface area (Å²) in [5.41, 5.74) is 0.483. The van der Waals surface area contributed by atoms with E-state index in [1.165, 1.54) is 12.8 Å². The highest BCUT2D eigenvalue weighted by atomic mass is 16.6. The third kappa shape index (κ3) is 5.02. The number of carbonyl (C=O) groups excluding carboxylic acids is 2. The van der Waals surface area contributed by atoms with Crippen LogP contribution in [0.5, 0.6) is 0 Å². The van der Waals surface area contributed by atoms with E-state index < -0.39 is 11.7 Å². The molecule has 0 aliphatic heterocycles. The molecule has 1 saturated carbocycles. The van der Waals surface area contributed by atoms with Crippen molar-refractivity contribution in [1.29, 1.82) is 0 Å². The van der Waals surface area contributed by atoms with Crippen LogP contribution in [0.15, 0.2) is 18.2 Å². The molecule has 112 valence electrons. The Bertz CT molecular complexity index is 569. The zero-order valence-electron chi connectivity index (χ0n) is 12.6. The molecule has 5 heteroatoms. The van der Waals surface area contributed by atoms with E-state index in [1.807, 2.05) is 6.08 Å². The SMILES string of the molecule is CC(C)(C)OC(=O)Nc1ccc(/C=C/C2CC2)c(C=O)n1. The zero-order chi connectivity index (χ0) is 15.5. The van der Waals surface area contributed by atoms with E-state index >= 15 is 0 Å². The van der Waals surface area contributed by atoms with Gasteiger partial charge in [-0.15, -0.1) is 0 Å². The summed E-state index contributed by atoms with van der Waals surface area (Å²) in [4.78, 5) is 26.9. The molecule has 21 heavy (non-hydrogen) atoms. The van der Waals surface area contributed by atoms with Gasteiger partial charge in [0, 0.05) is 5.56 Å². The fourth-order valence-electron chi connectivity index (χ4n) is 1.73. The summed E-state index contributed by atoms with van der Waals surface area (Å²) >= 11 is 0. The molecule has 0 radical (unpaired) electrons. The van der Waals surface area contributed by atoms with Crippen molar-refractivity contribution < 1.29 is 14.3 Å². The van der Waals surface area contributed by atoms with Gasteiger partial charge in [0.2, 0.25) is 0 Å². The molecule has 5 nitrogen and oxygen atoms in total. The minimum Gasteiger partial charge on any atom is -0.444 e. The molecular weight excluding hydrogens is 268 g/mol. The number of aromatic nitrogens is 1. The second-order valence-corrected chi connectivity index (χ2v) is 6.11. The molecule has 1 amide bonds. The third-order valence-electron chi connectivity index (χ3n) is 2.87. The van der Waals surface area contributed by atoms with Crippen LogP contribution >= 0.6 is 0 Å². The normalized spacial score (nSPS) is 15.0. The Balaban J connectivity index is 2.07. The molecule has 1 N–H and O–H groups in total. The van der Waals surface area contributed by atoms with Crippen molar-refractivity contribution in [3.05, 3.63) is 29.5 Å². The average molecular weight is 288 g/mol. The molecule has 0 atom stereocenters. The Kier molecular flexibility index (Phi) is 4.40. The fraction of sp³-hybridized carbons (Fsp3) is 0.438. The summed E-state index contributed by atoms with van der Waals surface area (Å²) in [5.74, 6) is 0.930. The van der Waals surface area contributed by atoms with Gasteiger partial charge in [-0.3, -0.25) is 10.1 Å². The molecule has 1 heterocycles. The Morgan fingerprint density at radius 3 is 2.67 bits per heavy atom.